The van der Waals surface area contributed by atoms with Crippen LogP contribution in [0.3, 0.4) is 0 Å². The highest BCUT2D eigenvalue weighted by Crippen LogP contribution is 2.27. The number of fused-ring (bicyclic) bond motifs is 1. The molecule has 0 unspecified atom stereocenters. The van der Waals surface area contributed by atoms with Gasteiger partial charge in [0.05, 0.1) is 17.0 Å². The molecule has 3 heterocycles. The lowest BCUT2D eigenvalue weighted by molar-refractivity contribution is 0.208. The van der Waals surface area contributed by atoms with Crippen LogP contribution in [0.2, 0.25) is 0 Å². The quantitative estimate of drug-likeness (QED) is 0.729. The number of aromatic amines is 1. The van der Waals surface area contributed by atoms with E-state index in [2.05, 4.69) is 25.2 Å². The largest absolute Gasteiger partial charge is 0.354 e. The maximum Gasteiger partial charge on any atom is 0.321 e. The lowest BCUT2D eigenvalue weighted by Crippen LogP contribution is -2.41. The van der Waals surface area contributed by atoms with Gasteiger partial charge in [-0.3, -0.25) is 0 Å². The van der Waals surface area contributed by atoms with Crippen LogP contribution in [0.1, 0.15) is 12.0 Å². The molecule has 0 bridgehead atoms. The number of nitrogens with zero attached hydrogens (tertiary/aromatic N) is 5. The number of urea groups is 1. The number of nitrogens with one attached hydrogen (secondary N) is 2. The molecule has 1 saturated heterocycles. The van der Waals surface area contributed by atoms with Gasteiger partial charge in [-0.25, -0.2) is 19.2 Å². The van der Waals surface area contributed by atoms with Gasteiger partial charge in [0.15, 0.2) is 0 Å². The molecule has 3 aromatic rings. The van der Waals surface area contributed by atoms with Crippen molar-refractivity contribution in [2.75, 3.05) is 30.4 Å². The monoisotopic (exact) mass is 379 g/mol. The molecule has 9 heteroatoms. The van der Waals surface area contributed by atoms with Crippen molar-refractivity contribution in [2.45, 2.75) is 12.5 Å². The highest BCUT2D eigenvalue weighted by Gasteiger charge is 2.30. The maximum absolute atomic E-state index is 13.7. The van der Waals surface area contributed by atoms with E-state index >= 15 is 0 Å². The Morgan fingerprint density at radius 2 is 2.29 bits per heavy atom. The summed E-state index contributed by atoms with van der Waals surface area (Å²) in [5.41, 5.74) is 1.04. The number of aromatic nitrogens is 3. The number of halogens is 1. The summed E-state index contributed by atoms with van der Waals surface area (Å²) in [6.07, 6.45) is 4.14. The van der Waals surface area contributed by atoms with E-state index in [4.69, 9.17) is 5.26 Å². The maximum atomic E-state index is 13.7. The first-order valence-corrected chi connectivity index (χ1v) is 8.83. The Bertz CT molecular complexity index is 1070. The third kappa shape index (κ3) is 3.20. The minimum absolute atomic E-state index is 0.00724. The van der Waals surface area contributed by atoms with Gasteiger partial charge < -0.3 is 20.1 Å². The SMILES string of the molecule is CN(C(=O)Nc1ccc(C#N)c(F)c1)[C@@H]1CCN(c2ncnc3[nH]ccc23)C1. The first-order chi connectivity index (χ1) is 13.6. The Morgan fingerprint density at radius 3 is 3.07 bits per heavy atom. The van der Waals surface area contributed by atoms with E-state index in [1.165, 1.54) is 18.5 Å². The van der Waals surface area contributed by atoms with E-state index in [0.29, 0.717) is 12.2 Å². The molecule has 0 radical (unpaired) electrons. The number of H-pyrrole nitrogens is 1. The first kappa shape index (κ1) is 17.7. The van der Waals surface area contributed by atoms with Crippen LogP contribution in [0.25, 0.3) is 11.0 Å². The molecule has 0 spiro atoms. The average Bonchev–Trinajstić information content (AvgIpc) is 3.37. The summed E-state index contributed by atoms with van der Waals surface area (Å²) < 4.78 is 13.7. The van der Waals surface area contributed by atoms with Crippen molar-refractivity contribution in [1.82, 2.24) is 19.9 Å². The van der Waals surface area contributed by atoms with Crippen molar-refractivity contribution in [2.24, 2.45) is 0 Å². The molecule has 4 rings (SSSR count). The minimum Gasteiger partial charge on any atom is -0.354 e. The number of benzene rings is 1. The second-order valence-corrected chi connectivity index (χ2v) is 6.67. The normalized spacial score (nSPS) is 16.2. The van der Waals surface area contributed by atoms with Crippen molar-refractivity contribution >= 4 is 28.6 Å². The van der Waals surface area contributed by atoms with Crippen molar-refractivity contribution in [3.63, 3.8) is 0 Å². The van der Waals surface area contributed by atoms with Gasteiger partial charge in [0, 0.05) is 32.0 Å². The molecule has 1 atom stereocenters. The summed E-state index contributed by atoms with van der Waals surface area (Å²) in [4.78, 5) is 28.0. The van der Waals surface area contributed by atoms with Gasteiger partial charge in [-0.15, -0.1) is 0 Å². The molecule has 142 valence electrons. The van der Waals surface area contributed by atoms with E-state index in [1.54, 1.807) is 18.0 Å². The highest BCUT2D eigenvalue weighted by atomic mass is 19.1. The fourth-order valence-corrected chi connectivity index (χ4v) is 3.42. The van der Waals surface area contributed by atoms with E-state index in [1.807, 2.05) is 12.3 Å². The van der Waals surface area contributed by atoms with Crippen LogP contribution in [0.15, 0.2) is 36.8 Å². The Kier molecular flexibility index (Phi) is 4.53. The van der Waals surface area contributed by atoms with Crippen LogP contribution in [-0.2, 0) is 0 Å². The van der Waals surface area contributed by atoms with Gasteiger partial charge in [0.25, 0.3) is 0 Å². The van der Waals surface area contributed by atoms with Gasteiger partial charge in [-0.2, -0.15) is 5.26 Å². The Morgan fingerprint density at radius 1 is 1.43 bits per heavy atom. The van der Waals surface area contributed by atoms with Crippen molar-refractivity contribution in [1.29, 1.82) is 5.26 Å². The summed E-state index contributed by atoms with van der Waals surface area (Å²) in [5.74, 6) is 0.186. The fourth-order valence-electron chi connectivity index (χ4n) is 3.42. The molecule has 0 aliphatic carbocycles. The predicted octanol–water partition coefficient (Wildman–Crippen LogP) is 2.71. The number of nitriles is 1. The summed E-state index contributed by atoms with van der Waals surface area (Å²) >= 11 is 0. The predicted molar refractivity (Wildman–Crippen MR) is 102 cm³/mol. The van der Waals surface area contributed by atoms with Crippen LogP contribution in [-0.4, -0.2) is 52.1 Å². The summed E-state index contributed by atoms with van der Waals surface area (Å²) in [6.45, 7) is 1.41. The number of hydrogen-bond donors (Lipinski definition) is 2. The van der Waals surface area contributed by atoms with Crippen molar-refractivity contribution in [3.8, 4) is 6.07 Å². The summed E-state index contributed by atoms with van der Waals surface area (Å²) in [6, 6.07) is 7.37. The van der Waals surface area contributed by atoms with Crippen LogP contribution in [0, 0.1) is 17.1 Å². The Labute approximate surface area is 160 Å². The molecule has 2 amide bonds. The lowest BCUT2D eigenvalue weighted by Gasteiger charge is -2.25. The van der Waals surface area contributed by atoms with Crippen LogP contribution in [0.4, 0.5) is 20.7 Å². The minimum atomic E-state index is -0.658. The fraction of sp³-hybridized carbons (Fsp3) is 0.263. The van der Waals surface area contributed by atoms with Gasteiger partial charge >= 0.3 is 6.03 Å². The molecule has 0 saturated carbocycles. The molecule has 28 heavy (non-hydrogen) atoms. The average molecular weight is 379 g/mol. The molecule has 8 nitrogen and oxygen atoms in total. The highest BCUT2D eigenvalue weighted by molar-refractivity contribution is 5.90. The van der Waals surface area contributed by atoms with Crippen LogP contribution < -0.4 is 10.2 Å². The zero-order chi connectivity index (χ0) is 19.7. The number of amides is 2. The molecule has 1 aliphatic heterocycles. The smallest absolute Gasteiger partial charge is 0.321 e. The topological polar surface area (TPSA) is 101 Å². The molecule has 1 aliphatic rings. The Hall–Kier alpha value is -3.67. The summed E-state index contributed by atoms with van der Waals surface area (Å²) in [7, 11) is 1.72. The first-order valence-electron chi connectivity index (χ1n) is 8.83. The summed E-state index contributed by atoms with van der Waals surface area (Å²) in [5, 5.41) is 12.4. The lowest BCUT2D eigenvalue weighted by atomic mass is 10.2. The third-order valence-electron chi connectivity index (χ3n) is 5.00. The van der Waals surface area contributed by atoms with Gasteiger partial charge in [-0.1, -0.05) is 0 Å². The standard InChI is InChI=1S/C19H18FN7O/c1-26(19(28)25-13-3-2-12(9-21)16(20)8-13)14-5-7-27(10-14)18-15-4-6-22-17(15)23-11-24-18/h2-4,6,8,11,14H,5,7,10H2,1H3,(H,25,28)(H,22,23,24)/t14-/m1/s1. The number of carbonyl (C=O) groups is 1. The number of rotatable bonds is 3. The van der Waals surface area contributed by atoms with E-state index in [-0.39, 0.29) is 17.6 Å². The number of likely N-dealkylation sites (N-methyl/N-ethyl adjacent to an activating group) is 1. The Balaban J connectivity index is 1.43. The third-order valence-corrected chi connectivity index (χ3v) is 5.00. The van der Waals surface area contributed by atoms with E-state index < -0.39 is 5.82 Å². The molecular formula is C19H18FN7O. The van der Waals surface area contributed by atoms with Crippen LogP contribution in [0.5, 0.6) is 0 Å². The van der Waals surface area contributed by atoms with Crippen molar-refractivity contribution in [3.05, 3.63) is 48.2 Å². The van der Waals surface area contributed by atoms with Crippen LogP contribution >= 0.6 is 0 Å². The van der Waals surface area contributed by atoms with Gasteiger partial charge in [-0.05, 0) is 30.7 Å². The number of hydrogen-bond acceptors (Lipinski definition) is 5. The molecule has 1 aromatic carbocycles. The second-order valence-electron chi connectivity index (χ2n) is 6.67. The molecular weight excluding hydrogens is 361 g/mol. The number of carbonyl (C=O) groups excluding carboxylic acids is 1. The van der Waals surface area contributed by atoms with Crippen molar-refractivity contribution < 1.29 is 9.18 Å². The number of anilines is 2. The van der Waals surface area contributed by atoms with E-state index in [9.17, 15) is 9.18 Å². The van der Waals surface area contributed by atoms with E-state index in [0.717, 1.165) is 35.9 Å². The molecule has 2 N–H and O–H groups in total. The zero-order valence-corrected chi connectivity index (χ0v) is 15.2. The van der Waals surface area contributed by atoms with Gasteiger partial charge in [0.1, 0.15) is 29.7 Å². The zero-order valence-electron chi connectivity index (χ0n) is 15.2. The second kappa shape index (κ2) is 7.15. The molecule has 2 aromatic heterocycles. The van der Waals surface area contributed by atoms with Gasteiger partial charge in [0.2, 0.25) is 0 Å². The molecule has 1 fully saturated rings.